The summed E-state index contributed by atoms with van der Waals surface area (Å²) in [5.74, 6) is 3.07. The zero-order chi connectivity index (χ0) is 29.7. The van der Waals surface area contributed by atoms with Gasteiger partial charge in [0, 0.05) is 37.8 Å². The van der Waals surface area contributed by atoms with Crippen LogP contribution in [0.3, 0.4) is 0 Å². The first-order valence-electron chi connectivity index (χ1n) is 15.4. The van der Waals surface area contributed by atoms with Gasteiger partial charge in [-0.3, -0.25) is 4.79 Å². The van der Waals surface area contributed by atoms with Crippen molar-refractivity contribution in [3.05, 3.63) is 71.3 Å². The van der Waals surface area contributed by atoms with Crippen molar-refractivity contribution in [1.29, 1.82) is 0 Å². The number of hydrogen-bond donors (Lipinski definition) is 5. The Morgan fingerprint density at radius 2 is 1.53 bits per heavy atom. The second-order valence-electron chi connectivity index (χ2n) is 11.2. The van der Waals surface area contributed by atoms with Gasteiger partial charge in [-0.2, -0.15) is 15.0 Å². The standard InChI is InChI=1S/C32H44N8O3/c33-13-16-42-18-19-43-17-15-34-29(41)26-9-6-24(7-10-26)22-36-31-38-30(35-14-12-23-4-2-1-3-5-23)39-32(40-31)37-28-21-25-8-11-27(28)20-25/h1-7,9-10,25,27-28H,8,11-22,33H2,(H,34,41)(H3,35,36,37,38,39,40). The number of benzene rings is 2. The first kappa shape index (κ1) is 30.7. The van der Waals surface area contributed by atoms with E-state index in [9.17, 15) is 4.79 Å². The second-order valence-corrected chi connectivity index (χ2v) is 11.2. The Kier molecular flexibility index (Phi) is 11.5. The van der Waals surface area contributed by atoms with Gasteiger partial charge in [-0.15, -0.1) is 0 Å². The van der Waals surface area contributed by atoms with E-state index in [4.69, 9.17) is 25.2 Å². The lowest BCUT2D eigenvalue weighted by Gasteiger charge is -2.23. The molecule has 43 heavy (non-hydrogen) atoms. The fourth-order valence-corrected chi connectivity index (χ4v) is 5.85. The molecule has 0 radical (unpaired) electrons. The number of hydrogen-bond acceptors (Lipinski definition) is 10. The molecular weight excluding hydrogens is 544 g/mol. The Bertz CT molecular complexity index is 1280. The van der Waals surface area contributed by atoms with Gasteiger partial charge in [0.05, 0.1) is 26.4 Å². The first-order valence-corrected chi connectivity index (χ1v) is 15.4. The summed E-state index contributed by atoms with van der Waals surface area (Å²) in [7, 11) is 0. The van der Waals surface area contributed by atoms with E-state index < -0.39 is 0 Å². The monoisotopic (exact) mass is 588 g/mol. The SMILES string of the molecule is NCCOCCOCCNC(=O)c1ccc(CNc2nc(NCCc3ccccc3)nc(NC3CC4CCC3C4)n2)cc1. The van der Waals surface area contributed by atoms with E-state index in [0.29, 0.717) is 81.4 Å². The molecule has 0 aliphatic heterocycles. The molecule has 1 heterocycles. The third-order valence-electron chi connectivity index (χ3n) is 8.06. The van der Waals surface area contributed by atoms with E-state index in [1.54, 1.807) is 0 Å². The predicted octanol–water partition coefficient (Wildman–Crippen LogP) is 3.46. The maximum Gasteiger partial charge on any atom is 0.251 e. The number of rotatable bonds is 18. The summed E-state index contributed by atoms with van der Waals surface area (Å²) in [6.07, 6.45) is 6.00. The van der Waals surface area contributed by atoms with Crippen LogP contribution < -0.4 is 27.0 Å². The summed E-state index contributed by atoms with van der Waals surface area (Å²) >= 11 is 0. The van der Waals surface area contributed by atoms with Crippen LogP contribution >= 0.6 is 0 Å². The van der Waals surface area contributed by atoms with Crippen LogP contribution in [0, 0.1) is 11.8 Å². The number of nitrogens with one attached hydrogen (secondary N) is 4. The lowest BCUT2D eigenvalue weighted by molar-refractivity contribution is 0.0511. The summed E-state index contributed by atoms with van der Waals surface area (Å²) in [6.45, 7) is 4.08. The van der Waals surface area contributed by atoms with Gasteiger partial charge in [-0.1, -0.05) is 48.9 Å². The molecule has 230 valence electrons. The molecule has 0 saturated heterocycles. The molecule has 5 rings (SSSR count). The van der Waals surface area contributed by atoms with E-state index >= 15 is 0 Å². The quantitative estimate of drug-likeness (QED) is 0.140. The molecule has 0 spiro atoms. The number of nitrogens with zero attached hydrogens (tertiary/aromatic N) is 3. The highest BCUT2D eigenvalue weighted by Gasteiger charge is 2.39. The number of carbonyl (C=O) groups is 1. The summed E-state index contributed by atoms with van der Waals surface area (Å²) < 4.78 is 10.7. The molecule has 1 amide bonds. The van der Waals surface area contributed by atoms with Gasteiger partial charge in [-0.25, -0.2) is 0 Å². The zero-order valence-electron chi connectivity index (χ0n) is 24.8. The van der Waals surface area contributed by atoms with E-state index in [2.05, 4.69) is 50.5 Å². The molecule has 3 unspecified atom stereocenters. The Morgan fingerprint density at radius 1 is 0.791 bits per heavy atom. The minimum absolute atomic E-state index is 0.137. The number of fused-ring (bicyclic) bond motifs is 2. The second kappa shape index (κ2) is 16.2. The average Bonchev–Trinajstić information content (AvgIpc) is 3.66. The van der Waals surface area contributed by atoms with Crippen LogP contribution in [0.1, 0.15) is 47.2 Å². The fourth-order valence-electron chi connectivity index (χ4n) is 5.85. The lowest BCUT2D eigenvalue weighted by Crippen LogP contribution is -2.27. The third-order valence-corrected chi connectivity index (χ3v) is 8.06. The summed E-state index contributed by atoms with van der Waals surface area (Å²) in [6, 6.07) is 18.3. The number of nitrogens with two attached hydrogens (primary N) is 1. The molecular formula is C32H44N8O3. The molecule has 11 nitrogen and oxygen atoms in total. The molecule has 2 aliphatic carbocycles. The van der Waals surface area contributed by atoms with E-state index in [1.165, 1.54) is 31.2 Å². The molecule has 3 atom stereocenters. The van der Waals surface area contributed by atoms with Gasteiger partial charge in [0.2, 0.25) is 17.8 Å². The van der Waals surface area contributed by atoms with Gasteiger partial charge in [0.25, 0.3) is 5.91 Å². The molecule has 2 aromatic carbocycles. The normalized spacial score (nSPS) is 18.9. The van der Waals surface area contributed by atoms with Crippen LogP contribution in [0.15, 0.2) is 54.6 Å². The van der Waals surface area contributed by atoms with Crippen LogP contribution in [0.5, 0.6) is 0 Å². The van der Waals surface area contributed by atoms with Crippen LogP contribution in [-0.2, 0) is 22.4 Å². The average molecular weight is 589 g/mol. The minimum Gasteiger partial charge on any atom is -0.378 e. The maximum absolute atomic E-state index is 12.5. The Labute approximate surface area is 253 Å². The summed E-state index contributed by atoms with van der Waals surface area (Å²) in [5, 5.41) is 13.2. The van der Waals surface area contributed by atoms with Gasteiger partial charge < -0.3 is 36.5 Å². The summed E-state index contributed by atoms with van der Waals surface area (Å²) in [5.41, 5.74) is 8.25. The molecule has 2 bridgehead atoms. The predicted molar refractivity (Wildman–Crippen MR) is 168 cm³/mol. The van der Waals surface area contributed by atoms with E-state index in [0.717, 1.165) is 24.4 Å². The van der Waals surface area contributed by atoms with Crippen molar-refractivity contribution in [2.75, 3.05) is 62.0 Å². The van der Waals surface area contributed by atoms with Gasteiger partial charge in [0.15, 0.2) is 0 Å². The van der Waals surface area contributed by atoms with Crippen molar-refractivity contribution in [3.63, 3.8) is 0 Å². The molecule has 1 aromatic heterocycles. The fraction of sp³-hybridized carbons (Fsp3) is 0.500. The van der Waals surface area contributed by atoms with Gasteiger partial charge in [-0.05, 0) is 60.8 Å². The lowest BCUT2D eigenvalue weighted by atomic mass is 9.95. The van der Waals surface area contributed by atoms with E-state index in [-0.39, 0.29) is 5.91 Å². The van der Waals surface area contributed by atoms with Crippen LogP contribution in [0.2, 0.25) is 0 Å². The van der Waals surface area contributed by atoms with Gasteiger partial charge in [0.1, 0.15) is 0 Å². The third kappa shape index (κ3) is 9.60. The Balaban J connectivity index is 1.12. The van der Waals surface area contributed by atoms with Crippen LogP contribution in [-0.4, -0.2) is 73.0 Å². The topological polar surface area (TPSA) is 148 Å². The van der Waals surface area contributed by atoms with Crippen LogP contribution in [0.4, 0.5) is 17.8 Å². The highest BCUT2D eigenvalue weighted by Crippen LogP contribution is 2.45. The highest BCUT2D eigenvalue weighted by molar-refractivity contribution is 5.94. The summed E-state index contributed by atoms with van der Waals surface area (Å²) in [4.78, 5) is 26.5. The van der Waals surface area contributed by atoms with Crippen molar-refractivity contribution in [2.45, 2.75) is 44.7 Å². The van der Waals surface area contributed by atoms with Crippen LogP contribution in [0.25, 0.3) is 0 Å². The van der Waals surface area contributed by atoms with Crippen molar-refractivity contribution >= 4 is 23.8 Å². The molecule has 11 heteroatoms. The number of anilines is 3. The number of amides is 1. The zero-order valence-corrected chi connectivity index (χ0v) is 24.8. The van der Waals surface area contributed by atoms with E-state index in [1.807, 2.05) is 30.3 Å². The first-order chi connectivity index (χ1) is 21.2. The number of aromatic nitrogens is 3. The largest absolute Gasteiger partial charge is 0.378 e. The molecule has 3 aromatic rings. The smallest absolute Gasteiger partial charge is 0.251 e. The Hall–Kier alpha value is -3.80. The minimum atomic E-state index is -0.137. The molecule has 2 saturated carbocycles. The van der Waals surface area contributed by atoms with Gasteiger partial charge >= 0.3 is 0 Å². The Morgan fingerprint density at radius 3 is 2.26 bits per heavy atom. The van der Waals surface area contributed by atoms with Crippen molar-refractivity contribution in [2.24, 2.45) is 17.6 Å². The van der Waals surface area contributed by atoms with Crippen molar-refractivity contribution in [3.8, 4) is 0 Å². The highest BCUT2D eigenvalue weighted by atomic mass is 16.5. The molecule has 2 fully saturated rings. The van der Waals surface area contributed by atoms with Crippen molar-refractivity contribution in [1.82, 2.24) is 20.3 Å². The maximum atomic E-state index is 12.5. The van der Waals surface area contributed by atoms with Crippen molar-refractivity contribution < 1.29 is 14.3 Å². The molecule has 6 N–H and O–H groups in total. The number of ether oxygens (including phenoxy) is 2. The molecule has 2 aliphatic rings. The number of carbonyl (C=O) groups excluding carboxylic acids is 1.